The van der Waals surface area contributed by atoms with E-state index in [9.17, 15) is 4.79 Å². The molecular weight excluding hydrogens is 218 g/mol. The molecule has 0 radical (unpaired) electrons. The Balaban J connectivity index is 1.61. The van der Waals surface area contributed by atoms with E-state index in [1.54, 1.807) is 0 Å². The molecule has 90 valence electrons. The zero-order chi connectivity index (χ0) is 11.7. The Bertz CT molecular complexity index is 406. The van der Waals surface area contributed by atoms with E-state index in [1.807, 2.05) is 18.2 Å². The van der Waals surface area contributed by atoms with Crippen molar-refractivity contribution in [3.05, 3.63) is 35.9 Å². The van der Waals surface area contributed by atoms with E-state index in [0.717, 1.165) is 26.1 Å². The van der Waals surface area contributed by atoms with Gasteiger partial charge in [-0.25, -0.2) is 4.79 Å². The second kappa shape index (κ2) is 4.37. The van der Waals surface area contributed by atoms with Crippen molar-refractivity contribution >= 4 is 6.16 Å². The quantitative estimate of drug-likeness (QED) is 0.730. The van der Waals surface area contributed by atoms with Crippen LogP contribution in [0, 0.1) is 0 Å². The SMILES string of the molecule is O=C1O[C@H]2CCN(Cc3ccccc3)C[C@H]2O1. The maximum absolute atomic E-state index is 11.0. The third-order valence-electron chi connectivity index (χ3n) is 3.33. The molecule has 17 heavy (non-hydrogen) atoms. The molecule has 4 heteroatoms. The number of ether oxygens (including phenoxy) is 2. The van der Waals surface area contributed by atoms with Crippen LogP contribution in [0.1, 0.15) is 12.0 Å². The minimum absolute atomic E-state index is 0.0328. The Hall–Kier alpha value is -1.55. The number of nitrogens with zero attached hydrogens (tertiary/aromatic N) is 1. The topological polar surface area (TPSA) is 38.8 Å². The molecule has 2 aliphatic heterocycles. The first-order chi connectivity index (χ1) is 8.31. The Labute approximate surface area is 100 Å². The van der Waals surface area contributed by atoms with Crippen LogP contribution in [-0.2, 0) is 16.0 Å². The maximum atomic E-state index is 11.0. The summed E-state index contributed by atoms with van der Waals surface area (Å²) >= 11 is 0. The van der Waals surface area contributed by atoms with Crippen molar-refractivity contribution in [3.63, 3.8) is 0 Å². The van der Waals surface area contributed by atoms with Crippen LogP contribution < -0.4 is 0 Å². The summed E-state index contributed by atoms with van der Waals surface area (Å²) in [4.78, 5) is 13.3. The second-order valence-electron chi connectivity index (χ2n) is 4.57. The number of carbonyl (C=O) groups is 1. The van der Waals surface area contributed by atoms with Gasteiger partial charge in [0.2, 0.25) is 0 Å². The van der Waals surface area contributed by atoms with E-state index in [4.69, 9.17) is 9.47 Å². The zero-order valence-corrected chi connectivity index (χ0v) is 9.54. The molecule has 2 heterocycles. The zero-order valence-electron chi connectivity index (χ0n) is 9.54. The van der Waals surface area contributed by atoms with Gasteiger partial charge >= 0.3 is 6.16 Å². The predicted octanol–water partition coefficient (Wildman–Crippen LogP) is 1.80. The third kappa shape index (κ3) is 2.26. The molecule has 2 fully saturated rings. The van der Waals surface area contributed by atoms with E-state index in [0.29, 0.717) is 0 Å². The van der Waals surface area contributed by atoms with Gasteiger partial charge < -0.3 is 9.47 Å². The summed E-state index contributed by atoms with van der Waals surface area (Å²) < 4.78 is 10.2. The number of hydrogen-bond donors (Lipinski definition) is 0. The first kappa shape index (κ1) is 10.6. The molecule has 0 aliphatic carbocycles. The number of carbonyl (C=O) groups excluding carboxylic acids is 1. The molecule has 0 amide bonds. The molecule has 1 aromatic carbocycles. The Kier molecular flexibility index (Phi) is 2.73. The van der Waals surface area contributed by atoms with Gasteiger partial charge in [-0.15, -0.1) is 0 Å². The van der Waals surface area contributed by atoms with Crippen molar-refractivity contribution in [1.29, 1.82) is 0 Å². The molecule has 3 rings (SSSR count). The summed E-state index contributed by atoms with van der Waals surface area (Å²) in [6.07, 6.45) is 0.236. The number of fused-ring (bicyclic) bond motifs is 1. The standard InChI is InChI=1S/C13H15NO3/c15-13-16-11-6-7-14(9-12(11)17-13)8-10-4-2-1-3-5-10/h1-5,11-12H,6-9H2/t11-,12+/m0/s1. The number of rotatable bonds is 2. The fraction of sp³-hybridized carbons (Fsp3) is 0.462. The van der Waals surface area contributed by atoms with Gasteiger partial charge in [0.05, 0.1) is 0 Å². The lowest BCUT2D eigenvalue weighted by atomic mass is 10.0. The second-order valence-corrected chi connectivity index (χ2v) is 4.57. The largest absolute Gasteiger partial charge is 0.509 e. The van der Waals surface area contributed by atoms with Crippen LogP contribution in [-0.4, -0.2) is 36.4 Å². The molecule has 0 unspecified atom stereocenters. The average molecular weight is 233 g/mol. The number of benzene rings is 1. The van der Waals surface area contributed by atoms with Crippen molar-refractivity contribution in [2.24, 2.45) is 0 Å². The summed E-state index contributed by atoms with van der Waals surface area (Å²) in [5, 5.41) is 0. The van der Waals surface area contributed by atoms with Crippen LogP contribution in [0.25, 0.3) is 0 Å². The number of likely N-dealkylation sites (tertiary alicyclic amines) is 1. The Morgan fingerprint density at radius 1 is 1.18 bits per heavy atom. The molecule has 1 aromatic rings. The Morgan fingerprint density at radius 2 is 1.94 bits per heavy atom. The summed E-state index contributed by atoms with van der Waals surface area (Å²) in [7, 11) is 0. The Morgan fingerprint density at radius 3 is 2.76 bits per heavy atom. The lowest BCUT2D eigenvalue weighted by molar-refractivity contribution is 0.0490. The summed E-state index contributed by atoms with van der Waals surface area (Å²) in [5.41, 5.74) is 1.29. The molecule has 0 bridgehead atoms. The molecule has 2 aliphatic rings. The van der Waals surface area contributed by atoms with Crippen LogP contribution >= 0.6 is 0 Å². The predicted molar refractivity (Wildman–Crippen MR) is 61.5 cm³/mol. The van der Waals surface area contributed by atoms with Gasteiger partial charge in [-0.3, -0.25) is 4.90 Å². The van der Waals surface area contributed by atoms with E-state index in [2.05, 4.69) is 17.0 Å². The van der Waals surface area contributed by atoms with Crippen molar-refractivity contribution in [1.82, 2.24) is 4.90 Å². The highest BCUT2D eigenvalue weighted by atomic mass is 16.8. The van der Waals surface area contributed by atoms with Crippen LogP contribution in [0.5, 0.6) is 0 Å². The summed E-state index contributed by atoms with van der Waals surface area (Å²) in [6.45, 7) is 2.62. The van der Waals surface area contributed by atoms with Crippen LogP contribution in [0.3, 0.4) is 0 Å². The summed E-state index contributed by atoms with van der Waals surface area (Å²) in [5.74, 6) is 0. The van der Waals surface area contributed by atoms with Gasteiger partial charge in [0.15, 0.2) is 6.10 Å². The molecule has 2 saturated heterocycles. The van der Waals surface area contributed by atoms with Gasteiger partial charge in [0, 0.05) is 26.1 Å². The summed E-state index contributed by atoms with van der Waals surface area (Å²) in [6, 6.07) is 10.3. The van der Waals surface area contributed by atoms with Gasteiger partial charge in [-0.1, -0.05) is 30.3 Å². The molecule has 4 nitrogen and oxygen atoms in total. The fourth-order valence-corrected chi connectivity index (χ4v) is 2.47. The highest BCUT2D eigenvalue weighted by Crippen LogP contribution is 2.24. The van der Waals surface area contributed by atoms with Crippen molar-refractivity contribution in [2.45, 2.75) is 25.2 Å². The van der Waals surface area contributed by atoms with Crippen LogP contribution in [0.2, 0.25) is 0 Å². The van der Waals surface area contributed by atoms with E-state index in [1.165, 1.54) is 5.56 Å². The fourth-order valence-electron chi connectivity index (χ4n) is 2.47. The van der Waals surface area contributed by atoms with Crippen molar-refractivity contribution < 1.29 is 14.3 Å². The van der Waals surface area contributed by atoms with E-state index in [-0.39, 0.29) is 12.2 Å². The van der Waals surface area contributed by atoms with E-state index < -0.39 is 6.16 Å². The molecule has 0 spiro atoms. The smallest absolute Gasteiger partial charge is 0.427 e. The van der Waals surface area contributed by atoms with Crippen molar-refractivity contribution in [3.8, 4) is 0 Å². The van der Waals surface area contributed by atoms with Crippen LogP contribution in [0.4, 0.5) is 4.79 Å². The minimum Gasteiger partial charge on any atom is -0.427 e. The highest BCUT2D eigenvalue weighted by molar-refractivity contribution is 5.62. The molecule has 0 N–H and O–H groups in total. The van der Waals surface area contributed by atoms with Crippen molar-refractivity contribution in [2.75, 3.05) is 13.1 Å². The first-order valence-corrected chi connectivity index (χ1v) is 5.95. The number of hydrogen-bond acceptors (Lipinski definition) is 4. The molecular formula is C13H15NO3. The molecule has 0 saturated carbocycles. The third-order valence-corrected chi connectivity index (χ3v) is 3.33. The highest BCUT2D eigenvalue weighted by Gasteiger charge is 2.40. The van der Waals surface area contributed by atoms with Crippen LogP contribution in [0.15, 0.2) is 30.3 Å². The number of piperidine rings is 1. The maximum Gasteiger partial charge on any atom is 0.509 e. The van der Waals surface area contributed by atoms with Gasteiger partial charge in [-0.2, -0.15) is 0 Å². The van der Waals surface area contributed by atoms with Gasteiger partial charge in [0.25, 0.3) is 0 Å². The monoisotopic (exact) mass is 233 g/mol. The molecule has 2 atom stereocenters. The van der Waals surface area contributed by atoms with E-state index >= 15 is 0 Å². The normalized spacial score (nSPS) is 28.4. The first-order valence-electron chi connectivity index (χ1n) is 5.95. The minimum atomic E-state index is -0.512. The van der Waals surface area contributed by atoms with Gasteiger partial charge in [-0.05, 0) is 5.56 Å². The lowest BCUT2D eigenvalue weighted by Crippen LogP contribution is -2.44. The molecule has 0 aromatic heterocycles. The average Bonchev–Trinajstić information content (AvgIpc) is 2.70. The lowest BCUT2D eigenvalue weighted by Gasteiger charge is -2.31. The van der Waals surface area contributed by atoms with Gasteiger partial charge in [0.1, 0.15) is 6.10 Å².